The van der Waals surface area contributed by atoms with E-state index in [1.54, 1.807) is 0 Å². The molecule has 2 aliphatic rings. The minimum atomic E-state index is -0.162. The van der Waals surface area contributed by atoms with E-state index in [9.17, 15) is 4.79 Å². The summed E-state index contributed by atoms with van der Waals surface area (Å²) in [6.45, 7) is 6.13. The second-order valence-corrected chi connectivity index (χ2v) is 8.32. The Bertz CT molecular complexity index is 862. The van der Waals surface area contributed by atoms with Crippen LogP contribution >= 0.6 is 0 Å². The van der Waals surface area contributed by atoms with Crippen molar-refractivity contribution in [2.75, 3.05) is 7.05 Å². The molecule has 2 saturated heterocycles. The number of benzene rings is 1. The Labute approximate surface area is 166 Å². The van der Waals surface area contributed by atoms with Crippen LogP contribution in [0.4, 0.5) is 0 Å². The van der Waals surface area contributed by atoms with Crippen LogP contribution in [-0.2, 0) is 6.61 Å². The number of rotatable bonds is 5. The number of hydrogen-bond acceptors (Lipinski definition) is 5. The van der Waals surface area contributed by atoms with Gasteiger partial charge in [-0.3, -0.25) is 4.79 Å². The summed E-state index contributed by atoms with van der Waals surface area (Å²) in [5.74, 6) is 1.28. The number of piperidine rings is 1. The molecule has 1 N–H and O–H groups in total. The van der Waals surface area contributed by atoms with Crippen molar-refractivity contribution in [3.63, 3.8) is 0 Å². The number of nitrogens with zero attached hydrogens (tertiary/aromatic N) is 2. The summed E-state index contributed by atoms with van der Waals surface area (Å²) in [4.78, 5) is 15.4. The fraction of sp³-hybridized carbons (Fsp3) is 0.545. The minimum Gasteiger partial charge on any atom is -0.488 e. The van der Waals surface area contributed by atoms with E-state index in [1.807, 2.05) is 32.9 Å². The standard InChI is InChI=1S/C22H29N3O3/c1-13-5-6-14(2)20(9-13)27-12-19-15(3)28-24-21(19)22(26)23-16-10-17-7-8-18(11-16)25(17)4/h5-6,9,16-18H,7-8,10-12H2,1-4H3,(H,23,26). The molecule has 6 heteroatoms. The first kappa shape index (κ1) is 19.0. The zero-order chi connectivity index (χ0) is 19.8. The Balaban J connectivity index is 1.44. The molecule has 2 bridgehead atoms. The molecule has 0 spiro atoms. The highest BCUT2D eigenvalue weighted by atomic mass is 16.5. The van der Waals surface area contributed by atoms with Crippen LogP contribution in [0.15, 0.2) is 22.7 Å². The number of aromatic nitrogens is 1. The Morgan fingerprint density at radius 2 is 1.96 bits per heavy atom. The third-order valence-corrected chi connectivity index (χ3v) is 6.35. The van der Waals surface area contributed by atoms with E-state index in [4.69, 9.17) is 9.26 Å². The molecule has 1 aromatic carbocycles. The van der Waals surface area contributed by atoms with E-state index >= 15 is 0 Å². The molecule has 2 atom stereocenters. The molecule has 0 aliphatic carbocycles. The molecule has 0 radical (unpaired) electrons. The summed E-state index contributed by atoms with van der Waals surface area (Å²) in [6.07, 6.45) is 4.46. The molecule has 1 amide bonds. The van der Waals surface area contributed by atoms with Gasteiger partial charge in [-0.25, -0.2) is 0 Å². The lowest BCUT2D eigenvalue weighted by atomic mass is 9.98. The van der Waals surface area contributed by atoms with Crippen molar-refractivity contribution in [1.82, 2.24) is 15.4 Å². The highest BCUT2D eigenvalue weighted by Crippen LogP contribution is 2.34. The van der Waals surface area contributed by atoms with Gasteiger partial charge in [0.2, 0.25) is 0 Å². The van der Waals surface area contributed by atoms with E-state index in [0.29, 0.717) is 29.1 Å². The maximum Gasteiger partial charge on any atom is 0.274 e. The molecular formula is C22H29N3O3. The zero-order valence-corrected chi connectivity index (χ0v) is 17.1. The smallest absolute Gasteiger partial charge is 0.274 e. The molecule has 2 unspecified atom stereocenters. The first-order valence-corrected chi connectivity index (χ1v) is 10.1. The van der Waals surface area contributed by atoms with Crippen molar-refractivity contribution < 1.29 is 14.1 Å². The van der Waals surface area contributed by atoms with Gasteiger partial charge >= 0.3 is 0 Å². The number of amides is 1. The average molecular weight is 383 g/mol. The van der Waals surface area contributed by atoms with Crippen molar-refractivity contribution in [1.29, 1.82) is 0 Å². The Morgan fingerprint density at radius 1 is 1.25 bits per heavy atom. The summed E-state index contributed by atoms with van der Waals surface area (Å²) < 4.78 is 11.3. The number of hydrogen-bond donors (Lipinski definition) is 1. The van der Waals surface area contributed by atoms with Gasteiger partial charge in [-0.15, -0.1) is 0 Å². The largest absolute Gasteiger partial charge is 0.488 e. The van der Waals surface area contributed by atoms with Gasteiger partial charge in [0.25, 0.3) is 5.91 Å². The SMILES string of the molecule is Cc1ccc(C)c(OCc2c(C(=O)NC3CC4CCC(C3)N4C)noc2C)c1. The predicted octanol–water partition coefficient (Wildman–Crippen LogP) is 3.53. The predicted molar refractivity (Wildman–Crippen MR) is 107 cm³/mol. The highest BCUT2D eigenvalue weighted by molar-refractivity contribution is 5.94. The van der Waals surface area contributed by atoms with Crippen molar-refractivity contribution >= 4 is 5.91 Å². The monoisotopic (exact) mass is 383 g/mol. The van der Waals surface area contributed by atoms with E-state index in [1.165, 1.54) is 12.8 Å². The van der Waals surface area contributed by atoms with E-state index in [-0.39, 0.29) is 18.6 Å². The van der Waals surface area contributed by atoms with Crippen molar-refractivity contribution in [3.8, 4) is 5.75 Å². The average Bonchev–Trinajstić information content (AvgIpc) is 3.10. The van der Waals surface area contributed by atoms with Crippen LogP contribution in [-0.4, -0.2) is 41.1 Å². The molecule has 2 aliphatic heterocycles. The molecule has 4 rings (SSSR count). The van der Waals surface area contributed by atoms with Crippen LogP contribution in [0.2, 0.25) is 0 Å². The molecule has 6 nitrogen and oxygen atoms in total. The third-order valence-electron chi connectivity index (χ3n) is 6.35. The van der Waals surface area contributed by atoms with Crippen LogP contribution in [0.1, 0.15) is 58.6 Å². The molecule has 1 aromatic heterocycles. The second kappa shape index (κ2) is 7.59. The lowest BCUT2D eigenvalue weighted by molar-refractivity contribution is 0.0871. The first-order chi connectivity index (χ1) is 13.4. The normalized spacial score (nSPS) is 24.4. The van der Waals surface area contributed by atoms with Crippen LogP contribution in [0.3, 0.4) is 0 Å². The van der Waals surface area contributed by atoms with Crippen molar-refractivity contribution in [2.24, 2.45) is 0 Å². The topological polar surface area (TPSA) is 67.6 Å². The van der Waals surface area contributed by atoms with Crippen LogP contribution in [0.5, 0.6) is 5.75 Å². The number of nitrogens with one attached hydrogen (secondary N) is 1. The quantitative estimate of drug-likeness (QED) is 0.855. The minimum absolute atomic E-state index is 0.162. The number of fused-ring (bicyclic) bond motifs is 2. The number of carbonyl (C=O) groups excluding carboxylic acids is 1. The Hall–Kier alpha value is -2.34. The van der Waals surface area contributed by atoms with E-state index in [2.05, 4.69) is 28.5 Å². The number of ether oxygens (including phenoxy) is 1. The molecule has 2 aromatic rings. The fourth-order valence-electron chi connectivity index (χ4n) is 4.54. The molecule has 28 heavy (non-hydrogen) atoms. The summed E-state index contributed by atoms with van der Waals surface area (Å²) in [7, 11) is 2.20. The summed E-state index contributed by atoms with van der Waals surface area (Å²) >= 11 is 0. The maximum atomic E-state index is 12.9. The highest BCUT2D eigenvalue weighted by Gasteiger charge is 2.39. The lowest BCUT2D eigenvalue weighted by Gasteiger charge is -2.36. The molecule has 0 saturated carbocycles. The fourth-order valence-corrected chi connectivity index (χ4v) is 4.54. The summed E-state index contributed by atoms with van der Waals surface area (Å²) in [6, 6.07) is 7.45. The molecule has 3 heterocycles. The molecule has 2 fully saturated rings. The van der Waals surface area contributed by atoms with Gasteiger partial charge in [0.1, 0.15) is 18.1 Å². The number of carbonyl (C=O) groups is 1. The summed E-state index contributed by atoms with van der Waals surface area (Å²) in [5.41, 5.74) is 3.26. The Kier molecular flexibility index (Phi) is 5.15. The van der Waals surface area contributed by atoms with Gasteiger partial charge in [-0.2, -0.15) is 0 Å². The van der Waals surface area contributed by atoms with Gasteiger partial charge in [0.15, 0.2) is 5.69 Å². The van der Waals surface area contributed by atoms with Gasteiger partial charge in [-0.1, -0.05) is 17.3 Å². The van der Waals surface area contributed by atoms with Crippen LogP contribution < -0.4 is 10.1 Å². The van der Waals surface area contributed by atoms with E-state index < -0.39 is 0 Å². The Morgan fingerprint density at radius 3 is 2.68 bits per heavy atom. The summed E-state index contributed by atoms with van der Waals surface area (Å²) in [5, 5.41) is 7.21. The van der Waals surface area contributed by atoms with Crippen molar-refractivity contribution in [3.05, 3.63) is 46.3 Å². The zero-order valence-electron chi connectivity index (χ0n) is 17.1. The number of aryl methyl sites for hydroxylation is 3. The van der Waals surface area contributed by atoms with Gasteiger partial charge in [0.05, 0.1) is 5.56 Å². The molecule has 150 valence electrons. The van der Waals surface area contributed by atoms with E-state index in [0.717, 1.165) is 29.7 Å². The maximum absolute atomic E-state index is 12.9. The first-order valence-electron chi connectivity index (χ1n) is 10.1. The second-order valence-electron chi connectivity index (χ2n) is 8.32. The van der Waals surface area contributed by atoms with Crippen LogP contribution in [0.25, 0.3) is 0 Å². The van der Waals surface area contributed by atoms with Gasteiger partial charge < -0.3 is 19.5 Å². The van der Waals surface area contributed by atoms with Crippen molar-refractivity contribution in [2.45, 2.75) is 71.2 Å². The lowest BCUT2D eigenvalue weighted by Crippen LogP contribution is -2.48. The van der Waals surface area contributed by atoms with Crippen LogP contribution in [0, 0.1) is 20.8 Å². The van der Waals surface area contributed by atoms with Gasteiger partial charge in [-0.05, 0) is 70.7 Å². The van der Waals surface area contributed by atoms with Gasteiger partial charge in [0, 0.05) is 18.1 Å². The molecular weight excluding hydrogens is 354 g/mol. The third kappa shape index (κ3) is 3.65.